The lowest BCUT2D eigenvalue weighted by atomic mass is 9.76. The highest BCUT2D eigenvalue weighted by Gasteiger charge is 2.51. The molecule has 2 atom stereocenters. The van der Waals surface area contributed by atoms with E-state index in [1.807, 2.05) is 11.8 Å². The van der Waals surface area contributed by atoms with E-state index in [-0.39, 0.29) is 23.5 Å². The smallest absolute Gasteiger partial charge is 0.101 e. The number of hydrogen-bond donors (Lipinski definition) is 0. The number of ether oxygens (including phenoxy) is 1. The van der Waals surface area contributed by atoms with Gasteiger partial charge in [-0.05, 0) is 38.8 Å². The van der Waals surface area contributed by atoms with Crippen LogP contribution in [0.1, 0.15) is 19.8 Å². The number of nitrogens with zero attached hydrogens (tertiary/aromatic N) is 1. The van der Waals surface area contributed by atoms with E-state index in [0.717, 1.165) is 5.92 Å². The molecule has 0 aromatic carbocycles. The van der Waals surface area contributed by atoms with E-state index in [4.69, 9.17) is 4.74 Å². The quantitative estimate of drug-likeness (QED) is 0.651. The number of piperidine rings is 3. The monoisotopic (exact) mass is 253 g/mol. The fourth-order valence-corrected chi connectivity index (χ4v) is 4.25. The third-order valence-corrected chi connectivity index (χ3v) is 5.01. The van der Waals surface area contributed by atoms with Gasteiger partial charge < -0.3 is 15.1 Å². The van der Waals surface area contributed by atoms with Crippen LogP contribution in [0.5, 0.6) is 0 Å². The average Bonchev–Trinajstić information content (AvgIpc) is 2.49. The largest absolute Gasteiger partial charge is 0.412 e. The Labute approximate surface area is 102 Å². The van der Waals surface area contributed by atoms with Gasteiger partial charge in [0.1, 0.15) is 5.44 Å². The lowest BCUT2D eigenvalue weighted by molar-refractivity contribution is -0.133. The third kappa shape index (κ3) is 2.15. The third-order valence-electron chi connectivity index (χ3n) is 3.79. The van der Waals surface area contributed by atoms with Gasteiger partial charge in [0.25, 0.3) is 0 Å². The maximum atomic E-state index is 6.14. The van der Waals surface area contributed by atoms with Gasteiger partial charge in [0.2, 0.25) is 0 Å². The van der Waals surface area contributed by atoms with Crippen molar-refractivity contribution in [2.24, 2.45) is 5.92 Å². The van der Waals surface area contributed by atoms with Crippen LogP contribution in [-0.2, 0) is 4.74 Å². The Hall–Kier alpha value is 0.520. The van der Waals surface area contributed by atoms with Gasteiger partial charge in [-0.25, -0.2) is 0 Å². The van der Waals surface area contributed by atoms with E-state index >= 15 is 0 Å². The Kier molecular flexibility index (Phi) is 4.35. The lowest BCUT2D eigenvalue weighted by Crippen LogP contribution is -2.60. The zero-order chi connectivity index (χ0) is 8.89. The van der Waals surface area contributed by atoms with Crippen LogP contribution in [0.25, 0.3) is 0 Å². The minimum Gasteiger partial charge on any atom is -0.412 e. The first-order valence-electron chi connectivity index (χ1n) is 5.30. The van der Waals surface area contributed by atoms with Gasteiger partial charge in [0, 0.05) is 12.3 Å². The molecule has 4 aliphatic rings. The van der Waals surface area contributed by atoms with E-state index in [1.54, 1.807) is 0 Å². The van der Waals surface area contributed by atoms with Crippen molar-refractivity contribution in [3.05, 3.63) is 0 Å². The Morgan fingerprint density at radius 1 is 1.33 bits per heavy atom. The maximum Gasteiger partial charge on any atom is 0.101 e. The molecular weight excluding hydrogens is 234 g/mol. The highest BCUT2D eigenvalue weighted by Crippen LogP contribution is 2.46. The Balaban J connectivity index is 0.000000562. The van der Waals surface area contributed by atoms with E-state index in [1.165, 1.54) is 38.2 Å². The standard InChI is InChI=1S/C10H17NOS.ClH.H2O/c1-8-12-10(7-13-8)6-11-4-2-9(10)3-5-11;;/h8-9H,2-7H2,1H3;1H;1H2/t8-,10?;;/m1../s1. The molecule has 2 N–H and O–H groups in total. The molecule has 5 heteroatoms. The SMILES string of the molecule is C[C@@H]1OC2(CS1)CN1CCC2CC1.Cl.O. The molecule has 4 fully saturated rings. The van der Waals surface area contributed by atoms with Crippen LogP contribution < -0.4 is 0 Å². The normalized spacial score (nSPS) is 47.4. The number of rotatable bonds is 0. The molecular formula is C10H20ClNO2S. The summed E-state index contributed by atoms with van der Waals surface area (Å²) in [5.74, 6) is 2.09. The molecule has 2 bridgehead atoms. The first-order chi connectivity index (χ1) is 6.28. The van der Waals surface area contributed by atoms with Crippen molar-refractivity contribution >= 4 is 24.2 Å². The molecule has 4 saturated heterocycles. The number of hydrogen-bond acceptors (Lipinski definition) is 3. The molecule has 1 unspecified atom stereocenters. The van der Waals surface area contributed by atoms with Crippen molar-refractivity contribution in [1.82, 2.24) is 4.90 Å². The molecule has 0 aliphatic carbocycles. The minimum absolute atomic E-state index is 0. The summed E-state index contributed by atoms with van der Waals surface area (Å²) in [5.41, 5.74) is 0.682. The van der Waals surface area contributed by atoms with E-state index in [2.05, 4.69) is 11.8 Å². The second-order valence-electron chi connectivity index (χ2n) is 4.61. The lowest BCUT2D eigenvalue weighted by Gasteiger charge is -2.50. The minimum atomic E-state index is 0. The topological polar surface area (TPSA) is 44.0 Å². The van der Waals surface area contributed by atoms with E-state index in [9.17, 15) is 0 Å². The van der Waals surface area contributed by atoms with Gasteiger partial charge in [-0.15, -0.1) is 24.2 Å². The number of fused-ring (bicyclic) bond motifs is 2. The van der Waals surface area contributed by atoms with E-state index in [0.29, 0.717) is 5.44 Å². The molecule has 90 valence electrons. The fourth-order valence-electron chi connectivity index (χ4n) is 3.08. The Morgan fingerprint density at radius 3 is 2.40 bits per heavy atom. The molecule has 0 amide bonds. The molecule has 15 heavy (non-hydrogen) atoms. The first-order valence-corrected chi connectivity index (χ1v) is 6.35. The average molecular weight is 254 g/mol. The van der Waals surface area contributed by atoms with E-state index < -0.39 is 0 Å². The highest BCUT2D eigenvalue weighted by atomic mass is 35.5. The van der Waals surface area contributed by atoms with Crippen LogP contribution in [-0.4, -0.2) is 46.8 Å². The van der Waals surface area contributed by atoms with Crippen LogP contribution in [0.3, 0.4) is 0 Å². The summed E-state index contributed by atoms with van der Waals surface area (Å²) in [6.07, 6.45) is 2.74. The number of halogens is 1. The molecule has 4 heterocycles. The van der Waals surface area contributed by atoms with Crippen molar-refractivity contribution in [2.45, 2.75) is 30.8 Å². The molecule has 0 saturated carbocycles. The van der Waals surface area contributed by atoms with Crippen LogP contribution in [0, 0.1) is 5.92 Å². The second-order valence-corrected chi connectivity index (χ2v) is 5.90. The predicted molar refractivity (Wildman–Crippen MR) is 65.8 cm³/mol. The summed E-state index contributed by atoms with van der Waals surface area (Å²) in [7, 11) is 0. The number of thioether (sulfide) groups is 1. The van der Waals surface area contributed by atoms with Gasteiger partial charge in [-0.3, -0.25) is 0 Å². The van der Waals surface area contributed by atoms with Crippen LogP contribution in [0.4, 0.5) is 0 Å². The summed E-state index contributed by atoms with van der Waals surface area (Å²) >= 11 is 1.99. The van der Waals surface area contributed by atoms with Crippen molar-refractivity contribution < 1.29 is 10.2 Å². The zero-order valence-electron chi connectivity index (χ0n) is 9.07. The molecule has 3 nitrogen and oxygen atoms in total. The molecule has 0 radical (unpaired) electrons. The van der Waals surface area contributed by atoms with Crippen LogP contribution in [0.15, 0.2) is 0 Å². The highest BCUT2D eigenvalue weighted by molar-refractivity contribution is 8.00. The van der Waals surface area contributed by atoms with Crippen LogP contribution in [0.2, 0.25) is 0 Å². The van der Waals surface area contributed by atoms with Crippen molar-refractivity contribution in [3.8, 4) is 0 Å². The summed E-state index contributed by atoms with van der Waals surface area (Å²) in [6, 6.07) is 0. The summed E-state index contributed by atoms with van der Waals surface area (Å²) in [5, 5.41) is 0. The van der Waals surface area contributed by atoms with Crippen molar-refractivity contribution in [1.29, 1.82) is 0 Å². The molecule has 0 aromatic rings. The summed E-state index contributed by atoms with van der Waals surface area (Å²) in [6.45, 7) is 6.02. The summed E-state index contributed by atoms with van der Waals surface area (Å²) in [4.78, 5) is 2.58. The van der Waals surface area contributed by atoms with Gasteiger partial charge in [-0.1, -0.05) is 0 Å². The Morgan fingerprint density at radius 2 is 2.00 bits per heavy atom. The molecule has 4 rings (SSSR count). The second kappa shape index (κ2) is 4.80. The predicted octanol–water partition coefficient (Wildman–Crippen LogP) is 1.16. The van der Waals surface area contributed by atoms with Gasteiger partial charge in [0.05, 0.1) is 5.60 Å². The molecule has 1 spiro atoms. The first kappa shape index (κ1) is 13.6. The van der Waals surface area contributed by atoms with Crippen molar-refractivity contribution in [2.75, 3.05) is 25.4 Å². The van der Waals surface area contributed by atoms with Crippen LogP contribution >= 0.6 is 24.2 Å². The fraction of sp³-hybridized carbons (Fsp3) is 1.00. The van der Waals surface area contributed by atoms with Gasteiger partial charge in [0.15, 0.2) is 0 Å². The zero-order valence-corrected chi connectivity index (χ0v) is 10.7. The van der Waals surface area contributed by atoms with Crippen molar-refractivity contribution in [3.63, 3.8) is 0 Å². The molecule has 0 aromatic heterocycles. The summed E-state index contributed by atoms with van der Waals surface area (Å²) < 4.78 is 6.14. The van der Waals surface area contributed by atoms with Gasteiger partial charge >= 0.3 is 0 Å². The Bertz CT molecular complexity index is 223. The molecule has 4 aliphatic heterocycles. The van der Waals surface area contributed by atoms with Gasteiger partial charge in [-0.2, -0.15) is 0 Å². The maximum absolute atomic E-state index is 6.14.